The first-order valence-electron chi connectivity index (χ1n) is 6.38. The van der Waals surface area contributed by atoms with E-state index in [1.807, 2.05) is 6.92 Å². The van der Waals surface area contributed by atoms with Crippen molar-refractivity contribution in [3.8, 4) is 0 Å². The van der Waals surface area contributed by atoms with E-state index >= 15 is 0 Å². The molecule has 0 radical (unpaired) electrons. The van der Waals surface area contributed by atoms with Gasteiger partial charge in [-0.05, 0) is 18.9 Å². The molecule has 3 nitrogen and oxygen atoms in total. The molecule has 1 aliphatic heterocycles. The van der Waals surface area contributed by atoms with E-state index in [2.05, 4.69) is 0 Å². The molecule has 0 aromatic heterocycles. The number of nitrogens with two attached hydrogens (primary N) is 1. The average molecular weight is 253 g/mol. The van der Waals surface area contributed by atoms with E-state index in [9.17, 15) is 9.50 Å². The summed E-state index contributed by atoms with van der Waals surface area (Å²) in [6, 6.07) is 6.54. The molecule has 100 valence electrons. The zero-order valence-electron chi connectivity index (χ0n) is 10.6. The lowest BCUT2D eigenvalue weighted by atomic mass is 9.73. The van der Waals surface area contributed by atoms with Crippen molar-refractivity contribution >= 4 is 0 Å². The predicted molar refractivity (Wildman–Crippen MR) is 67.5 cm³/mol. The van der Waals surface area contributed by atoms with Gasteiger partial charge < -0.3 is 15.6 Å². The third-order valence-corrected chi connectivity index (χ3v) is 3.88. The lowest BCUT2D eigenvalue weighted by molar-refractivity contribution is -0.0761. The van der Waals surface area contributed by atoms with Crippen LogP contribution in [0, 0.1) is 11.7 Å². The van der Waals surface area contributed by atoms with Gasteiger partial charge in [-0.25, -0.2) is 4.39 Å². The number of ether oxygens (including phenoxy) is 1. The van der Waals surface area contributed by atoms with Crippen molar-refractivity contribution in [2.24, 2.45) is 11.7 Å². The van der Waals surface area contributed by atoms with E-state index in [0.29, 0.717) is 18.6 Å². The summed E-state index contributed by atoms with van der Waals surface area (Å²) in [5.74, 6) is -0.576. The maximum atomic E-state index is 14.0. The number of hydrogen-bond donors (Lipinski definition) is 2. The zero-order chi connectivity index (χ0) is 13.2. The van der Waals surface area contributed by atoms with Crippen LogP contribution in [-0.4, -0.2) is 24.4 Å². The zero-order valence-corrected chi connectivity index (χ0v) is 10.6. The van der Waals surface area contributed by atoms with Crippen LogP contribution in [0.3, 0.4) is 0 Å². The fourth-order valence-electron chi connectivity index (χ4n) is 2.65. The normalized spacial score (nSPS) is 32.4. The topological polar surface area (TPSA) is 55.5 Å². The molecule has 1 aromatic carbocycles. The van der Waals surface area contributed by atoms with E-state index in [1.54, 1.807) is 18.2 Å². The molecule has 1 heterocycles. The summed E-state index contributed by atoms with van der Waals surface area (Å²) in [6.07, 6.45) is 1.40. The van der Waals surface area contributed by atoms with Crippen molar-refractivity contribution in [3.63, 3.8) is 0 Å². The van der Waals surface area contributed by atoms with Crippen LogP contribution in [0.5, 0.6) is 0 Å². The van der Waals surface area contributed by atoms with E-state index in [1.165, 1.54) is 6.07 Å². The number of aliphatic hydroxyl groups excluding tert-OH is 1. The smallest absolute Gasteiger partial charge is 0.128 e. The van der Waals surface area contributed by atoms with Crippen LogP contribution in [0.15, 0.2) is 24.3 Å². The highest BCUT2D eigenvalue weighted by Crippen LogP contribution is 2.38. The van der Waals surface area contributed by atoms with E-state index in [-0.39, 0.29) is 24.4 Å². The van der Waals surface area contributed by atoms with Gasteiger partial charge in [-0.1, -0.05) is 25.1 Å². The molecule has 0 unspecified atom stereocenters. The fourth-order valence-corrected chi connectivity index (χ4v) is 2.65. The summed E-state index contributed by atoms with van der Waals surface area (Å²) in [5, 5.41) is 9.46. The molecule has 1 saturated heterocycles. The van der Waals surface area contributed by atoms with Crippen molar-refractivity contribution < 1.29 is 14.2 Å². The van der Waals surface area contributed by atoms with Crippen LogP contribution >= 0.6 is 0 Å². The Morgan fingerprint density at radius 2 is 2.22 bits per heavy atom. The second kappa shape index (κ2) is 5.34. The Morgan fingerprint density at radius 1 is 1.50 bits per heavy atom. The first kappa shape index (κ1) is 13.5. The summed E-state index contributed by atoms with van der Waals surface area (Å²) in [6.45, 7) is 2.30. The maximum Gasteiger partial charge on any atom is 0.128 e. The van der Waals surface area contributed by atoms with Crippen LogP contribution in [0.1, 0.15) is 25.3 Å². The predicted octanol–water partition coefficient (Wildman–Crippen LogP) is 1.79. The Bertz CT molecular complexity index is 413. The van der Waals surface area contributed by atoms with Crippen LogP contribution < -0.4 is 5.73 Å². The minimum atomic E-state index is -0.848. The van der Waals surface area contributed by atoms with Crippen molar-refractivity contribution in [3.05, 3.63) is 35.6 Å². The maximum absolute atomic E-state index is 14.0. The van der Waals surface area contributed by atoms with Crippen LogP contribution in [0.2, 0.25) is 0 Å². The van der Waals surface area contributed by atoms with Gasteiger partial charge in [-0.3, -0.25) is 0 Å². The largest absolute Gasteiger partial charge is 0.396 e. The number of benzene rings is 1. The summed E-state index contributed by atoms with van der Waals surface area (Å²) < 4.78 is 19.6. The molecule has 1 aliphatic rings. The molecular weight excluding hydrogens is 233 g/mol. The summed E-state index contributed by atoms with van der Waals surface area (Å²) >= 11 is 0. The third-order valence-electron chi connectivity index (χ3n) is 3.88. The van der Waals surface area contributed by atoms with Crippen molar-refractivity contribution in [1.82, 2.24) is 0 Å². The number of rotatable bonds is 3. The molecule has 3 N–H and O–H groups in total. The number of halogens is 1. The molecule has 0 saturated carbocycles. The van der Waals surface area contributed by atoms with Gasteiger partial charge in [0.1, 0.15) is 5.82 Å². The summed E-state index contributed by atoms with van der Waals surface area (Å²) in [4.78, 5) is 0. The third kappa shape index (κ3) is 2.28. The molecule has 0 amide bonds. The fraction of sp³-hybridized carbons (Fsp3) is 0.571. The lowest BCUT2D eigenvalue weighted by Gasteiger charge is -2.44. The van der Waals surface area contributed by atoms with E-state index in [4.69, 9.17) is 10.5 Å². The van der Waals surface area contributed by atoms with Crippen LogP contribution in [0.4, 0.5) is 4.39 Å². The molecule has 0 aliphatic carbocycles. The van der Waals surface area contributed by atoms with Gasteiger partial charge in [0.15, 0.2) is 0 Å². The minimum absolute atomic E-state index is 0.0254. The van der Waals surface area contributed by atoms with E-state index in [0.717, 1.165) is 6.42 Å². The second-order valence-electron chi connectivity index (χ2n) is 4.97. The van der Waals surface area contributed by atoms with Crippen LogP contribution in [-0.2, 0) is 10.3 Å². The first-order valence-corrected chi connectivity index (χ1v) is 6.38. The summed E-state index contributed by atoms with van der Waals surface area (Å²) in [7, 11) is 0. The highest BCUT2D eigenvalue weighted by atomic mass is 19.1. The molecule has 3 atom stereocenters. The Labute approximate surface area is 107 Å². The van der Waals surface area contributed by atoms with Gasteiger partial charge in [0.2, 0.25) is 0 Å². The molecule has 0 spiro atoms. The Kier molecular flexibility index (Phi) is 4.00. The molecule has 2 rings (SSSR count). The van der Waals surface area contributed by atoms with Crippen LogP contribution in [0.25, 0.3) is 0 Å². The molecular formula is C14H20FNO2. The highest BCUT2D eigenvalue weighted by molar-refractivity contribution is 5.28. The van der Waals surface area contributed by atoms with Gasteiger partial charge >= 0.3 is 0 Å². The lowest BCUT2D eigenvalue weighted by Crippen LogP contribution is -2.54. The SMILES string of the molecule is CC[C@H]1C[C@@](N)(c2ccccc2F)[C@H](CO)CO1. The Morgan fingerprint density at radius 3 is 2.83 bits per heavy atom. The molecule has 18 heavy (non-hydrogen) atoms. The molecule has 0 bridgehead atoms. The first-order chi connectivity index (χ1) is 8.61. The monoisotopic (exact) mass is 253 g/mol. The number of hydrogen-bond acceptors (Lipinski definition) is 3. The number of aliphatic hydroxyl groups is 1. The van der Waals surface area contributed by atoms with Gasteiger partial charge in [-0.15, -0.1) is 0 Å². The molecule has 4 heteroatoms. The standard InChI is InChI=1S/C14H20FNO2/c1-2-11-7-14(16,10(8-17)9-18-11)12-5-3-4-6-13(12)15/h3-6,10-11,17H,2,7-9,16H2,1H3/t10-,11+,14+/m1/s1. The Balaban J connectivity index is 2.38. The average Bonchev–Trinajstić information content (AvgIpc) is 2.39. The van der Waals surface area contributed by atoms with Gasteiger partial charge in [0.05, 0.1) is 24.9 Å². The van der Waals surface area contributed by atoms with Gasteiger partial charge in [0, 0.05) is 11.5 Å². The van der Waals surface area contributed by atoms with E-state index < -0.39 is 5.54 Å². The van der Waals surface area contributed by atoms with Crippen molar-refractivity contribution in [2.75, 3.05) is 13.2 Å². The Hall–Kier alpha value is -0.970. The molecule has 1 aromatic rings. The minimum Gasteiger partial charge on any atom is -0.396 e. The van der Waals surface area contributed by atoms with Crippen molar-refractivity contribution in [1.29, 1.82) is 0 Å². The van der Waals surface area contributed by atoms with Crippen molar-refractivity contribution in [2.45, 2.75) is 31.4 Å². The van der Waals surface area contributed by atoms with Gasteiger partial charge in [-0.2, -0.15) is 0 Å². The van der Waals surface area contributed by atoms with Gasteiger partial charge in [0.25, 0.3) is 0 Å². The molecule has 1 fully saturated rings. The highest BCUT2D eigenvalue weighted by Gasteiger charge is 2.43. The second-order valence-corrected chi connectivity index (χ2v) is 4.97. The summed E-state index contributed by atoms with van der Waals surface area (Å²) in [5.41, 5.74) is 6.05. The quantitative estimate of drug-likeness (QED) is 0.863.